The number of carbonyl (C=O) groups is 1. The van der Waals surface area contributed by atoms with Gasteiger partial charge in [-0.15, -0.1) is 12.4 Å². The quantitative estimate of drug-likeness (QED) is 0.822. The largest absolute Gasteiger partial charge is 0.340 e. The number of hydrogen-bond acceptors (Lipinski definition) is 2. The maximum atomic E-state index is 12.0. The first-order valence-electron chi connectivity index (χ1n) is 6.81. The summed E-state index contributed by atoms with van der Waals surface area (Å²) in [6.45, 7) is 5.27. The summed E-state index contributed by atoms with van der Waals surface area (Å²) >= 11 is 0. The minimum Gasteiger partial charge on any atom is -0.340 e. The zero-order valence-corrected chi connectivity index (χ0v) is 11.6. The topological polar surface area (TPSA) is 32.3 Å². The van der Waals surface area contributed by atoms with Gasteiger partial charge in [-0.3, -0.25) is 4.79 Å². The number of hydrogen-bond donors (Lipinski definition) is 1. The standard InChI is InChI=1S/C13H24N2O.ClH/c1-2-15(12-4-5-12)13(16)6-3-11-7-9-14-10-8-11;/h11-12,14H,2-10H2,1H3;1H. The lowest BCUT2D eigenvalue weighted by molar-refractivity contribution is -0.131. The fourth-order valence-corrected chi connectivity index (χ4v) is 2.67. The zero-order valence-electron chi connectivity index (χ0n) is 10.8. The highest BCUT2D eigenvalue weighted by Crippen LogP contribution is 2.28. The number of nitrogens with one attached hydrogen (secondary N) is 1. The van der Waals surface area contributed by atoms with Crippen LogP contribution < -0.4 is 5.32 Å². The van der Waals surface area contributed by atoms with E-state index in [1.54, 1.807) is 0 Å². The SMILES string of the molecule is CCN(C(=O)CCC1CCNCC1)C1CC1.Cl. The smallest absolute Gasteiger partial charge is 0.222 e. The average Bonchev–Trinajstić information content (AvgIpc) is 3.13. The second-order valence-corrected chi connectivity index (χ2v) is 5.14. The van der Waals surface area contributed by atoms with Crippen LogP contribution in [-0.4, -0.2) is 36.5 Å². The normalized spacial score (nSPS) is 20.8. The first kappa shape index (κ1) is 14.8. The molecule has 0 spiro atoms. The highest BCUT2D eigenvalue weighted by atomic mass is 35.5. The molecule has 1 amide bonds. The lowest BCUT2D eigenvalue weighted by Gasteiger charge is -2.24. The van der Waals surface area contributed by atoms with Crippen LogP contribution in [0.1, 0.15) is 45.4 Å². The van der Waals surface area contributed by atoms with E-state index in [1.807, 2.05) is 0 Å². The fraction of sp³-hybridized carbons (Fsp3) is 0.923. The van der Waals surface area contributed by atoms with Gasteiger partial charge in [-0.2, -0.15) is 0 Å². The summed E-state index contributed by atoms with van der Waals surface area (Å²) in [6.07, 6.45) is 6.84. The molecule has 0 aromatic carbocycles. The van der Waals surface area contributed by atoms with Crippen LogP contribution in [0, 0.1) is 5.92 Å². The first-order chi connectivity index (χ1) is 7.81. The van der Waals surface area contributed by atoms with E-state index >= 15 is 0 Å². The third kappa shape index (κ3) is 4.47. The van der Waals surface area contributed by atoms with Crippen LogP contribution in [-0.2, 0) is 4.79 Å². The number of piperidine rings is 1. The van der Waals surface area contributed by atoms with Crippen LogP contribution >= 0.6 is 12.4 Å². The zero-order chi connectivity index (χ0) is 11.4. The highest BCUT2D eigenvalue weighted by Gasteiger charge is 2.31. The molecule has 2 aliphatic rings. The van der Waals surface area contributed by atoms with Crippen molar-refractivity contribution in [3.8, 4) is 0 Å². The Bertz CT molecular complexity index is 238. The molecule has 17 heavy (non-hydrogen) atoms. The predicted molar refractivity (Wildman–Crippen MR) is 72.5 cm³/mol. The summed E-state index contributed by atoms with van der Waals surface area (Å²) in [7, 11) is 0. The lowest BCUT2D eigenvalue weighted by atomic mass is 9.93. The highest BCUT2D eigenvalue weighted by molar-refractivity contribution is 5.85. The van der Waals surface area contributed by atoms with Crippen molar-refractivity contribution in [2.45, 2.75) is 51.5 Å². The van der Waals surface area contributed by atoms with Crippen LogP contribution in [0.4, 0.5) is 0 Å². The van der Waals surface area contributed by atoms with E-state index in [0.29, 0.717) is 11.9 Å². The van der Waals surface area contributed by atoms with E-state index in [1.165, 1.54) is 25.7 Å². The minimum atomic E-state index is 0. The number of rotatable bonds is 5. The molecule has 0 bridgehead atoms. The van der Waals surface area contributed by atoms with Crippen molar-refractivity contribution in [2.75, 3.05) is 19.6 Å². The van der Waals surface area contributed by atoms with E-state index in [-0.39, 0.29) is 12.4 Å². The van der Waals surface area contributed by atoms with E-state index in [9.17, 15) is 4.79 Å². The van der Waals surface area contributed by atoms with Crippen molar-refractivity contribution in [3.05, 3.63) is 0 Å². The van der Waals surface area contributed by atoms with Gasteiger partial charge in [-0.1, -0.05) is 0 Å². The van der Waals surface area contributed by atoms with Crippen LogP contribution in [0.2, 0.25) is 0 Å². The Hall–Kier alpha value is -0.280. The first-order valence-corrected chi connectivity index (χ1v) is 6.81. The minimum absolute atomic E-state index is 0. The van der Waals surface area contributed by atoms with E-state index in [2.05, 4.69) is 17.1 Å². The molecule has 1 saturated carbocycles. The molecule has 0 aromatic rings. The number of nitrogens with zero attached hydrogens (tertiary/aromatic N) is 1. The van der Waals surface area contributed by atoms with Gasteiger partial charge in [0.1, 0.15) is 0 Å². The summed E-state index contributed by atoms with van der Waals surface area (Å²) in [5.41, 5.74) is 0. The molecule has 1 saturated heterocycles. The number of amides is 1. The molecule has 1 heterocycles. The Morgan fingerprint density at radius 3 is 2.41 bits per heavy atom. The van der Waals surface area contributed by atoms with Gasteiger partial charge in [0.25, 0.3) is 0 Å². The molecule has 3 nitrogen and oxygen atoms in total. The van der Waals surface area contributed by atoms with Crippen molar-refractivity contribution in [1.82, 2.24) is 10.2 Å². The Morgan fingerprint density at radius 1 is 1.24 bits per heavy atom. The Balaban J connectivity index is 0.00000144. The summed E-state index contributed by atoms with van der Waals surface area (Å²) in [4.78, 5) is 14.1. The van der Waals surface area contributed by atoms with E-state index in [0.717, 1.165) is 38.4 Å². The van der Waals surface area contributed by atoms with Crippen molar-refractivity contribution >= 4 is 18.3 Å². The van der Waals surface area contributed by atoms with Crippen molar-refractivity contribution in [1.29, 1.82) is 0 Å². The Morgan fingerprint density at radius 2 is 1.88 bits per heavy atom. The van der Waals surface area contributed by atoms with Gasteiger partial charge < -0.3 is 10.2 Å². The van der Waals surface area contributed by atoms with Gasteiger partial charge in [0.05, 0.1) is 0 Å². The summed E-state index contributed by atoms with van der Waals surface area (Å²) in [6, 6.07) is 0.588. The monoisotopic (exact) mass is 260 g/mol. The summed E-state index contributed by atoms with van der Waals surface area (Å²) in [5, 5.41) is 3.37. The van der Waals surface area contributed by atoms with Crippen LogP contribution in [0.3, 0.4) is 0 Å². The Kier molecular flexibility index (Phi) is 6.28. The molecule has 0 unspecified atom stereocenters. The second-order valence-electron chi connectivity index (χ2n) is 5.14. The molecule has 1 aliphatic heterocycles. The molecule has 0 aromatic heterocycles. The van der Waals surface area contributed by atoms with Crippen LogP contribution in [0.5, 0.6) is 0 Å². The molecular weight excluding hydrogens is 236 g/mol. The average molecular weight is 261 g/mol. The van der Waals surface area contributed by atoms with Crippen LogP contribution in [0.25, 0.3) is 0 Å². The molecule has 0 radical (unpaired) electrons. The van der Waals surface area contributed by atoms with E-state index < -0.39 is 0 Å². The van der Waals surface area contributed by atoms with E-state index in [4.69, 9.17) is 0 Å². The van der Waals surface area contributed by atoms with Gasteiger partial charge in [0, 0.05) is 19.0 Å². The third-order valence-corrected chi connectivity index (χ3v) is 3.87. The van der Waals surface area contributed by atoms with Crippen molar-refractivity contribution < 1.29 is 4.79 Å². The van der Waals surface area contributed by atoms with Gasteiger partial charge in [-0.05, 0) is 58.0 Å². The molecule has 1 aliphatic carbocycles. The van der Waals surface area contributed by atoms with Crippen molar-refractivity contribution in [2.24, 2.45) is 5.92 Å². The van der Waals surface area contributed by atoms with Crippen molar-refractivity contribution in [3.63, 3.8) is 0 Å². The number of carbonyl (C=O) groups excluding carboxylic acids is 1. The predicted octanol–water partition coefficient (Wildman–Crippen LogP) is 2.20. The summed E-state index contributed by atoms with van der Waals surface area (Å²) < 4.78 is 0. The lowest BCUT2D eigenvalue weighted by Crippen LogP contribution is -2.34. The maximum absolute atomic E-state index is 12.0. The molecular formula is C13H25ClN2O. The number of halogens is 1. The fourth-order valence-electron chi connectivity index (χ4n) is 2.67. The molecule has 1 N–H and O–H groups in total. The molecule has 100 valence electrons. The van der Waals surface area contributed by atoms with Gasteiger partial charge in [0.2, 0.25) is 5.91 Å². The van der Waals surface area contributed by atoms with Gasteiger partial charge in [-0.25, -0.2) is 0 Å². The van der Waals surface area contributed by atoms with Gasteiger partial charge >= 0.3 is 0 Å². The molecule has 2 rings (SSSR count). The van der Waals surface area contributed by atoms with Crippen LogP contribution in [0.15, 0.2) is 0 Å². The third-order valence-electron chi connectivity index (χ3n) is 3.87. The maximum Gasteiger partial charge on any atom is 0.222 e. The summed E-state index contributed by atoms with van der Waals surface area (Å²) in [5.74, 6) is 1.17. The second kappa shape index (κ2) is 7.22. The Labute approximate surface area is 111 Å². The molecule has 0 atom stereocenters. The molecule has 2 fully saturated rings. The van der Waals surface area contributed by atoms with Gasteiger partial charge in [0.15, 0.2) is 0 Å². The molecule has 4 heteroatoms.